The van der Waals surface area contributed by atoms with Gasteiger partial charge in [0.15, 0.2) is 0 Å². The summed E-state index contributed by atoms with van der Waals surface area (Å²) in [7, 11) is 0. The van der Waals surface area contributed by atoms with Crippen molar-refractivity contribution in [3.05, 3.63) is 0 Å². The van der Waals surface area contributed by atoms with Crippen LogP contribution in [0.4, 0.5) is 0 Å². The molecule has 0 heterocycles. The van der Waals surface area contributed by atoms with E-state index in [1.54, 1.807) is 0 Å². The minimum atomic E-state index is -0.681. The topological polar surface area (TPSA) is 19.9 Å². The lowest BCUT2D eigenvalue weighted by Crippen LogP contribution is -1.98. The number of rotatable bonds is 2. The molecule has 1 radical (unpaired) electrons. The fraction of sp³-hybridized carbons (Fsp3) is 1.00. The molecule has 43 valence electrons. The van der Waals surface area contributed by atoms with E-state index in [9.17, 15) is 5.11 Å². The molecule has 0 aliphatic heterocycles. The summed E-state index contributed by atoms with van der Waals surface area (Å²) in [4.78, 5) is 0. The molecule has 0 aliphatic rings. The lowest BCUT2D eigenvalue weighted by molar-refractivity contribution is 0.146. The summed E-state index contributed by atoms with van der Waals surface area (Å²) in [6, 6.07) is 0. The van der Waals surface area contributed by atoms with Crippen LogP contribution in [0.2, 0.25) is 0 Å². The highest BCUT2D eigenvalue weighted by Gasteiger charge is 2.00. The van der Waals surface area contributed by atoms with E-state index in [0.717, 1.165) is 0 Å². The van der Waals surface area contributed by atoms with Gasteiger partial charge in [0.05, 0.1) is 0 Å². The smallest absolute Gasteiger partial charge is 0.136 e. The minimum Gasteiger partial charge on any atom is -0.222 e. The Bertz CT molecular complexity index is 37.3. The van der Waals surface area contributed by atoms with Gasteiger partial charge in [0, 0.05) is 0 Å². The predicted molar refractivity (Wildman–Crippen MR) is 32.9 cm³/mol. The van der Waals surface area contributed by atoms with Gasteiger partial charge in [-0.1, -0.05) is 13.8 Å². The van der Waals surface area contributed by atoms with Gasteiger partial charge in [-0.3, -0.25) is 0 Å². The maximum atomic E-state index is 10.2. The molecule has 0 saturated heterocycles. The van der Waals surface area contributed by atoms with Crippen molar-refractivity contribution >= 4 is 12.6 Å². The van der Waals surface area contributed by atoms with Crippen LogP contribution in [0.25, 0.3) is 0 Å². The summed E-state index contributed by atoms with van der Waals surface area (Å²) in [5.41, 5.74) is -0.681. The molecule has 1 nitrogen and oxygen atoms in total. The lowest BCUT2D eigenvalue weighted by atomic mass is 10.1. The van der Waals surface area contributed by atoms with Crippen LogP contribution in [0, 0.1) is 5.92 Å². The van der Waals surface area contributed by atoms with Gasteiger partial charge in [-0.15, -0.1) is 12.6 Å². The second kappa shape index (κ2) is 3.33. The van der Waals surface area contributed by atoms with Crippen LogP contribution in [-0.2, 0) is 5.11 Å². The number of hydrogen-bond donors (Lipinski definition) is 1. The zero-order valence-electron chi connectivity index (χ0n) is 4.72. The minimum absolute atomic E-state index is 0.486. The van der Waals surface area contributed by atoms with E-state index in [4.69, 9.17) is 0 Å². The van der Waals surface area contributed by atoms with Crippen molar-refractivity contribution in [2.24, 2.45) is 5.92 Å². The van der Waals surface area contributed by atoms with E-state index in [0.29, 0.717) is 12.3 Å². The molecule has 1 unspecified atom stereocenters. The van der Waals surface area contributed by atoms with Gasteiger partial charge in [0.2, 0.25) is 0 Å². The van der Waals surface area contributed by atoms with Gasteiger partial charge in [0.25, 0.3) is 0 Å². The summed E-state index contributed by atoms with van der Waals surface area (Å²) in [5.74, 6) is 0.486. The molecule has 0 rings (SSSR count). The van der Waals surface area contributed by atoms with Gasteiger partial charge in [-0.05, 0) is 12.3 Å². The predicted octanol–water partition coefficient (Wildman–Crippen LogP) is 1.72. The Hall–Kier alpha value is 0.310. The third kappa shape index (κ3) is 6.31. The van der Waals surface area contributed by atoms with Gasteiger partial charge in [0.1, 0.15) is 5.44 Å². The van der Waals surface area contributed by atoms with Crippen LogP contribution in [0.1, 0.15) is 20.3 Å². The highest BCUT2D eigenvalue weighted by molar-refractivity contribution is 7.80. The van der Waals surface area contributed by atoms with Gasteiger partial charge in [-0.25, -0.2) is 5.11 Å². The molecule has 0 aromatic heterocycles. The first-order valence-corrected chi connectivity index (χ1v) is 2.98. The molecule has 0 fully saturated rings. The van der Waals surface area contributed by atoms with E-state index in [1.165, 1.54) is 0 Å². The summed E-state index contributed by atoms with van der Waals surface area (Å²) < 4.78 is 0. The van der Waals surface area contributed by atoms with Crippen molar-refractivity contribution in [1.29, 1.82) is 0 Å². The van der Waals surface area contributed by atoms with Crippen molar-refractivity contribution in [3.8, 4) is 0 Å². The molecular formula is C5H11OS. The average molecular weight is 119 g/mol. The van der Waals surface area contributed by atoms with E-state index in [1.807, 2.05) is 13.8 Å². The quantitative estimate of drug-likeness (QED) is 0.422. The van der Waals surface area contributed by atoms with Crippen molar-refractivity contribution < 1.29 is 5.11 Å². The summed E-state index contributed by atoms with van der Waals surface area (Å²) in [6.45, 7) is 4.03. The summed E-state index contributed by atoms with van der Waals surface area (Å²) in [5, 5.41) is 10.2. The molecule has 0 saturated carbocycles. The summed E-state index contributed by atoms with van der Waals surface area (Å²) >= 11 is 3.68. The maximum absolute atomic E-state index is 10.2. The second-order valence-corrected chi connectivity index (χ2v) is 2.66. The van der Waals surface area contributed by atoms with Crippen LogP contribution in [-0.4, -0.2) is 5.44 Å². The van der Waals surface area contributed by atoms with Crippen molar-refractivity contribution in [2.75, 3.05) is 0 Å². The molecule has 0 aliphatic carbocycles. The standard InChI is InChI=1S/C5H11OS/c1-4(2)3-5(6)7/h4-5,7H,3H2,1-2H3. The molecule has 0 aromatic rings. The molecule has 0 N–H and O–H groups in total. The Labute approximate surface area is 50.1 Å². The molecule has 0 amide bonds. The average Bonchev–Trinajstić information content (AvgIpc) is 1.27. The molecular weight excluding hydrogens is 108 g/mol. The van der Waals surface area contributed by atoms with Crippen LogP contribution >= 0.6 is 12.6 Å². The monoisotopic (exact) mass is 119 g/mol. The highest BCUT2D eigenvalue weighted by atomic mass is 32.1. The molecule has 7 heavy (non-hydrogen) atoms. The first-order valence-electron chi connectivity index (χ1n) is 2.47. The number of hydrogen-bond acceptors (Lipinski definition) is 1. The third-order valence-electron chi connectivity index (χ3n) is 0.673. The van der Waals surface area contributed by atoms with Crippen LogP contribution in [0.15, 0.2) is 0 Å². The Balaban J connectivity index is 2.95. The van der Waals surface area contributed by atoms with Crippen molar-refractivity contribution in [1.82, 2.24) is 0 Å². The second-order valence-electron chi connectivity index (χ2n) is 2.08. The van der Waals surface area contributed by atoms with Crippen molar-refractivity contribution in [3.63, 3.8) is 0 Å². The van der Waals surface area contributed by atoms with Crippen LogP contribution in [0.5, 0.6) is 0 Å². The Morgan fingerprint density at radius 1 is 1.57 bits per heavy atom. The molecule has 1 atom stereocenters. The first-order chi connectivity index (χ1) is 3.13. The Morgan fingerprint density at radius 2 is 2.00 bits per heavy atom. The van der Waals surface area contributed by atoms with Gasteiger partial charge < -0.3 is 0 Å². The molecule has 0 bridgehead atoms. The molecule has 0 spiro atoms. The van der Waals surface area contributed by atoms with Crippen LogP contribution < -0.4 is 0 Å². The van der Waals surface area contributed by atoms with Gasteiger partial charge >= 0.3 is 0 Å². The maximum Gasteiger partial charge on any atom is 0.136 e. The highest BCUT2D eigenvalue weighted by Crippen LogP contribution is 2.06. The zero-order chi connectivity index (χ0) is 5.86. The summed E-state index contributed by atoms with van der Waals surface area (Å²) in [6.07, 6.45) is 0.670. The van der Waals surface area contributed by atoms with E-state index >= 15 is 0 Å². The Morgan fingerprint density at radius 3 is 2.00 bits per heavy atom. The van der Waals surface area contributed by atoms with Gasteiger partial charge in [-0.2, -0.15) is 0 Å². The van der Waals surface area contributed by atoms with Crippen molar-refractivity contribution in [2.45, 2.75) is 25.7 Å². The fourth-order valence-corrected chi connectivity index (χ4v) is 0.825. The van der Waals surface area contributed by atoms with Crippen LogP contribution in [0.3, 0.4) is 0 Å². The molecule has 2 heteroatoms. The Kier molecular flexibility index (Phi) is 3.48. The normalized spacial score (nSPS) is 15.0. The van der Waals surface area contributed by atoms with E-state index in [-0.39, 0.29) is 0 Å². The number of thiol groups is 1. The fourth-order valence-electron chi connectivity index (χ4n) is 0.403. The zero-order valence-corrected chi connectivity index (χ0v) is 5.61. The first kappa shape index (κ1) is 7.31. The largest absolute Gasteiger partial charge is 0.222 e. The lowest BCUT2D eigenvalue weighted by Gasteiger charge is -2.01. The van der Waals surface area contributed by atoms with E-state index < -0.39 is 5.44 Å². The third-order valence-corrected chi connectivity index (χ3v) is 0.884. The SMILES string of the molecule is CC(C)CC([O])S. The molecule has 0 aromatic carbocycles. The van der Waals surface area contributed by atoms with E-state index in [2.05, 4.69) is 12.6 Å².